The lowest BCUT2D eigenvalue weighted by molar-refractivity contribution is 0.0595. The topological polar surface area (TPSA) is 106 Å². The number of carbonyl (C=O) groups excluding carboxylic acids is 1. The van der Waals surface area contributed by atoms with Gasteiger partial charge in [0, 0.05) is 31.4 Å². The average Bonchev–Trinajstić information content (AvgIpc) is 3.10. The molecule has 8 nitrogen and oxygen atoms in total. The van der Waals surface area contributed by atoms with Gasteiger partial charge in [0.2, 0.25) is 9.84 Å². The third-order valence-corrected chi connectivity index (χ3v) is 9.66. The smallest absolute Gasteiger partial charge is 0.341 e. The molecule has 0 amide bonds. The van der Waals surface area contributed by atoms with E-state index in [0.717, 1.165) is 16.7 Å². The van der Waals surface area contributed by atoms with Gasteiger partial charge in [-0.1, -0.05) is 90.5 Å². The van der Waals surface area contributed by atoms with Crippen LogP contribution in [-0.2, 0) is 34.1 Å². The van der Waals surface area contributed by atoms with Gasteiger partial charge in [0.25, 0.3) is 0 Å². The Hall–Kier alpha value is -4.54. The molecule has 1 N–H and O–H groups in total. The van der Waals surface area contributed by atoms with Crippen molar-refractivity contribution in [2.75, 3.05) is 20.2 Å². The molecule has 0 spiro atoms. The molecule has 242 valence electrons. The SMILES string of the molecule is COC(=O)c1cc(S(=O)(=O)c2ccc(CCN(Cc3ccccc3)C[C@@H](O)c3ccc(Cl)nc3)cc2)ccc1OCc1ccccc1. The van der Waals surface area contributed by atoms with Crippen LogP contribution in [0, 0.1) is 0 Å². The Balaban J connectivity index is 1.29. The Morgan fingerprint density at radius 3 is 2.15 bits per heavy atom. The molecule has 1 atom stereocenters. The zero-order valence-corrected chi connectivity index (χ0v) is 27.4. The maximum atomic E-state index is 13.6. The number of carbonyl (C=O) groups is 1. The van der Waals surface area contributed by atoms with E-state index in [-0.39, 0.29) is 27.7 Å². The molecule has 0 fully saturated rings. The largest absolute Gasteiger partial charge is 0.488 e. The Morgan fingerprint density at radius 1 is 0.851 bits per heavy atom. The van der Waals surface area contributed by atoms with Crippen LogP contribution in [0.15, 0.2) is 131 Å². The fraction of sp³-hybridized carbons (Fsp3) is 0.189. The monoisotopic (exact) mass is 670 g/mol. The minimum absolute atomic E-state index is 0.0243. The van der Waals surface area contributed by atoms with Crippen LogP contribution in [0.2, 0.25) is 5.15 Å². The summed E-state index contributed by atoms with van der Waals surface area (Å²) in [5.41, 5.74) is 3.64. The molecule has 0 bridgehead atoms. The summed E-state index contributed by atoms with van der Waals surface area (Å²) >= 11 is 5.92. The van der Waals surface area contributed by atoms with E-state index < -0.39 is 21.9 Å². The molecule has 0 radical (unpaired) electrons. The molecule has 0 aliphatic carbocycles. The number of aliphatic hydroxyl groups is 1. The third kappa shape index (κ3) is 9.05. The molecule has 0 aliphatic heterocycles. The number of aliphatic hydroxyl groups excluding tert-OH is 1. The van der Waals surface area contributed by atoms with Gasteiger partial charge in [-0.15, -0.1) is 0 Å². The van der Waals surface area contributed by atoms with E-state index in [0.29, 0.717) is 36.8 Å². The highest BCUT2D eigenvalue weighted by atomic mass is 35.5. The molecule has 0 aliphatic rings. The summed E-state index contributed by atoms with van der Waals surface area (Å²) in [5, 5.41) is 11.3. The normalized spacial score (nSPS) is 12.1. The number of benzene rings is 4. The predicted molar refractivity (Wildman–Crippen MR) is 180 cm³/mol. The third-order valence-electron chi connectivity index (χ3n) is 7.67. The number of ether oxygens (including phenoxy) is 2. The second-order valence-electron chi connectivity index (χ2n) is 11.0. The summed E-state index contributed by atoms with van der Waals surface area (Å²) in [4.78, 5) is 18.9. The van der Waals surface area contributed by atoms with Gasteiger partial charge in [0.05, 0.1) is 23.0 Å². The molecule has 5 rings (SSSR count). The van der Waals surface area contributed by atoms with E-state index in [2.05, 4.69) is 9.88 Å². The van der Waals surface area contributed by atoms with Crippen molar-refractivity contribution in [1.82, 2.24) is 9.88 Å². The number of rotatable bonds is 14. The first kappa shape index (κ1) is 33.8. The van der Waals surface area contributed by atoms with Crippen molar-refractivity contribution in [3.05, 3.63) is 154 Å². The summed E-state index contributed by atoms with van der Waals surface area (Å²) in [6.45, 7) is 1.82. The summed E-state index contributed by atoms with van der Waals surface area (Å²) in [7, 11) is -2.71. The zero-order valence-electron chi connectivity index (χ0n) is 25.8. The summed E-state index contributed by atoms with van der Waals surface area (Å²) in [6.07, 6.45) is 1.44. The molecule has 4 aromatic carbocycles. The van der Waals surface area contributed by atoms with Gasteiger partial charge < -0.3 is 14.6 Å². The number of pyridine rings is 1. The van der Waals surface area contributed by atoms with Crippen molar-refractivity contribution in [3.63, 3.8) is 0 Å². The number of hydrogen-bond donors (Lipinski definition) is 1. The van der Waals surface area contributed by atoms with Crippen molar-refractivity contribution in [2.24, 2.45) is 0 Å². The number of hydrogen-bond acceptors (Lipinski definition) is 8. The highest BCUT2D eigenvalue weighted by Gasteiger charge is 2.23. The quantitative estimate of drug-likeness (QED) is 0.103. The van der Waals surface area contributed by atoms with Crippen LogP contribution in [0.1, 0.15) is 38.7 Å². The van der Waals surface area contributed by atoms with Gasteiger partial charge >= 0.3 is 5.97 Å². The van der Waals surface area contributed by atoms with Crippen molar-refractivity contribution in [2.45, 2.75) is 35.5 Å². The first-order valence-corrected chi connectivity index (χ1v) is 16.9. The van der Waals surface area contributed by atoms with E-state index in [9.17, 15) is 18.3 Å². The highest BCUT2D eigenvalue weighted by Crippen LogP contribution is 2.28. The molecule has 0 unspecified atom stereocenters. The summed E-state index contributed by atoms with van der Waals surface area (Å²) < 4.78 is 38.0. The minimum Gasteiger partial charge on any atom is -0.488 e. The van der Waals surface area contributed by atoms with Crippen molar-refractivity contribution < 1.29 is 27.8 Å². The van der Waals surface area contributed by atoms with E-state index in [1.807, 2.05) is 60.7 Å². The van der Waals surface area contributed by atoms with Gasteiger partial charge in [-0.05, 0) is 59.5 Å². The minimum atomic E-state index is -3.95. The molecule has 1 aromatic heterocycles. The fourth-order valence-corrected chi connectivity index (χ4v) is 6.47. The summed E-state index contributed by atoms with van der Waals surface area (Å²) in [5.74, 6) is -0.467. The van der Waals surface area contributed by atoms with Gasteiger partial charge in [-0.3, -0.25) is 4.90 Å². The Morgan fingerprint density at radius 2 is 1.51 bits per heavy atom. The lowest BCUT2D eigenvalue weighted by atomic mass is 10.1. The second-order valence-corrected chi connectivity index (χ2v) is 13.3. The fourth-order valence-electron chi connectivity index (χ4n) is 5.08. The zero-order chi connectivity index (χ0) is 33.2. The summed E-state index contributed by atoms with van der Waals surface area (Å²) in [6, 6.07) is 33.8. The second kappa shape index (κ2) is 15.8. The van der Waals surface area contributed by atoms with Gasteiger partial charge in [-0.2, -0.15) is 0 Å². The number of nitrogens with zero attached hydrogens (tertiary/aromatic N) is 2. The average molecular weight is 671 g/mol. The van der Waals surface area contributed by atoms with Crippen LogP contribution in [-0.4, -0.2) is 49.6 Å². The molecule has 1 heterocycles. The number of sulfone groups is 1. The van der Waals surface area contributed by atoms with Crippen LogP contribution < -0.4 is 4.74 Å². The van der Waals surface area contributed by atoms with E-state index in [1.54, 1.807) is 42.6 Å². The highest BCUT2D eigenvalue weighted by molar-refractivity contribution is 7.91. The van der Waals surface area contributed by atoms with E-state index in [4.69, 9.17) is 21.1 Å². The molecule has 5 aromatic rings. The maximum Gasteiger partial charge on any atom is 0.341 e. The number of aromatic nitrogens is 1. The lowest BCUT2D eigenvalue weighted by Gasteiger charge is -2.25. The molecule has 0 saturated heterocycles. The van der Waals surface area contributed by atoms with E-state index in [1.165, 1.54) is 25.3 Å². The maximum absolute atomic E-state index is 13.6. The van der Waals surface area contributed by atoms with Crippen LogP contribution in [0.5, 0.6) is 5.75 Å². The van der Waals surface area contributed by atoms with E-state index >= 15 is 0 Å². The van der Waals surface area contributed by atoms with Crippen LogP contribution in [0.3, 0.4) is 0 Å². The first-order valence-electron chi connectivity index (χ1n) is 15.0. The number of halogens is 1. The molecule has 0 saturated carbocycles. The van der Waals surface area contributed by atoms with Crippen LogP contribution >= 0.6 is 11.6 Å². The number of methoxy groups -OCH3 is 1. The van der Waals surface area contributed by atoms with Gasteiger partial charge in [-0.25, -0.2) is 18.2 Å². The Bertz CT molecular complexity index is 1870. The first-order chi connectivity index (χ1) is 22.7. The van der Waals surface area contributed by atoms with Crippen LogP contribution in [0.25, 0.3) is 0 Å². The standard InChI is InChI=1S/C37H35ClN2O6S/c1-45-37(42)33-22-32(17-18-35(33)46-26-29-10-6-3-7-11-29)47(43,44)31-15-12-27(13-16-31)20-21-40(24-28-8-4-2-5-9-28)25-34(41)30-14-19-36(38)39-23-30/h2-19,22-23,34,41H,20-21,24-26H2,1H3/t34-/m1/s1. The molecular formula is C37H35ClN2O6S. The lowest BCUT2D eigenvalue weighted by Crippen LogP contribution is -2.30. The Kier molecular flexibility index (Phi) is 11.4. The van der Waals surface area contributed by atoms with Crippen molar-refractivity contribution in [3.8, 4) is 5.75 Å². The van der Waals surface area contributed by atoms with Crippen molar-refractivity contribution >= 4 is 27.4 Å². The predicted octanol–water partition coefficient (Wildman–Crippen LogP) is 6.71. The Labute approximate surface area is 280 Å². The molecular weight excluding hydrogens is 636 g/mol. The van der Waals surface area contributed by atoms with Crippen molar-refractivity contribution in [1.29, 1.82) is 0 Å². The number of esters is 1. The molecule has 10 heteroatoms. The molecule has 47 heavy (non-hydrogen) atoms. The van der Waals surface area contributed by atoms with Gasteiger partial charge in [0.1, 0.15) is 23.1 Å². The van der Waals surface area contributed by atoms with Gasteiger partial charge in [0.15, 0.2) is 0 Å². The van der Waals surface area contributed by atoms with Crippen LogP contribution in [0.4, 0.5) is 0 Å².